The molecule has 5 rings (SSSR count). The molecule has 1 nitrogen and oxygen atoms in total. The molecule has 0 bridgehead atoms. The van der Waals surface area contributed by atoms with E-state index in [0.29, 0.717) is 16.7 Å². The zero-order valence-corrected chi connectivity index (χ0v) is 25.9. The fraction of sp³-hybridized carbons (Fsp3) is 0.811. The van der Waals surface area contributed by atoms with Crippen molar-refractivity contribution in [3.8, 4) is 11.8 Å². The number of rotatable bonds is 7. The molecule has 38 heavy (non-hydrogen) atoms. The molecule has 210 valence electrons. The Morgan fingerprint density at radius 2 is 1.71 bits per heavy atom. The van der Waals surface area contributed by atoms with Crippen LogP contribution in [0.5, 0.6) is 0 Å². The summed E-state index contributed by atoms with van der Waals surface area (Å²) in [5, 5.41) is 0. The number of pyridine rings is 1. The molecule has 0 N–H and O–H groups in total. The molecule has 11 atom stereocenters. The lowest BCUT2D eigenvalue weighted by Gasteiger charge is -2.58. The Hall–Kier alpha value is -1.29. The van der Waals surface area contributed by atoms with Gasteiger partial charge in [0.25, 0.3) is 0 Å². The van der Waals surface area contributed by atoms with Crippen molar-refractivity contribution in [2.24, 2.45) is 58.2 Å². The Morgan fingerprint density at radius 3 is 2.39 bits per heavy atom. The minimum Gasteiger partial charge on any atom is -0.248 e. The number of hydrogen-bond acceptors (Lipinski definition) is 1. The zero-order valence-electron chi connectivity index (χ0n) is 25.9. The third-order valence-corrected chi connectivity index (χ3v) is 13.2. The molecule has 4 saturated carbocycles. The van der Waals surface area contributed by atoms with Gasteiger partial charge in [0.05, 0.1) is 0 Å². The zero-order chi connectivity index (χ0) is 27.1. The quantitative estimate of drug-likeness (QED) is 0.329. The third kappa shape index (κ3) is 5.13. The highest BCUT2D eigenvalue weighted by molar-refractivity contribution is 5.30. The van der Waals surface area contributed by atoms with Crippen LogP contribution in [0.1, 0.15) is 143 Å². The van der Waals surface area contributed by atoms with Crippen LogP contribution in [-0.2, 0) is 0 Å². The molecule has 0 saturated heterocycles. The summed E-state index contributed by atoms with van der Waals surface area (Å²) in [5.74, 6) is 14.3. The molecule has 3 unspecified atom stereocenters. The SMILES string of the molecule is CC#Cc1ccc([C@@H](C)C(CC)C2CC[C@H]3[C@@H]4CC[C@@H]5C[C@@](C)(C[C@@H](C)CC)CCC5[C@H]4CC[C@]23C)cn1. The van der Waals surface area contributed by atoms with Crippen LogP contribution in [0.2, 0.25) is 0 Å². The van der Waals surface area contributed by atoms with Gasteiger partial charge in [-0.2, -0.15) is 0 Å². The third-order valence-electron chi connectivity index (χ3n) is 13.2. The summed E-state index contributed by atoms with van der Waals surface area (Å²) in [6.07, 6.45) is 19.8. The van der Waals surface area contributed by atoms with Gasteiger partial charge in [0, 0.05) is 6.20 Å². The molecule has 1 heteroatoms. The molecule has 0 amide bonds. The predicted molar refractivity (Wildman–Crippen MR) is 162 cm³/mol. The van der Waals surface area contributed by atoms with Crippen LogP contribution in [0.25, 0.3) is 0 Å². The Kier molecular flexibility index (Phi) is 8.40. The van der Waals surface area contributed by atoms with Crippen LogP contribution in [-0.4, -0.2) is 4.98 Å². The van der Waals surface area contributed by atoms with Crippen molar-refractivity contribution in [1.29, 1.82) is 0 Å². The van der Waals surface area contributed by atoms with Gasteiger partial charge in [-0.1, -0.05) is 66.4 Å². The summed E-state index contributed by atoms with van der Waals surface area (Å²) in [6, 6.07) is 4.45. The maximum Gasteiger partial charge on any atom is 0.113 e. The smallest absolute Gasteiger partial charge is 0.113 e. The lowest BCUT2D eigenvalue weighted by Crippen LogP contribution is -2.50. The fourth-order valence-electron chi connectivity index (χ4n) is 11.2. The Morgan fingerprint density at radius 1 is 0.921 bits per heavy atom. The van der Waals surface area contributed by atoms with Gasteiger partial charge in [-0.25, -0.2) is 4.98 Å². The average molecular weight is 516 g/mol. The van der Waals surface area contributed by atoms with E-state index in [-0.39, 0.29) is 0 Å². The Labute approximate surface area is 235 Å². The van der Waals surface area contributed by atoms with Crippen molar-refractivity contribution in [3.05, 3.63) is 29.6 Å². The second kappa shape index (κ2) is 11.3. The molecule has 0 aliphatic heterocycles. The maximum atomic E-state index is 4.68. The van der Waals surface area contributed by atoms with Crippen molar-refractivity contribution in [2.75, 3.05) is 0 Å². The van der Waals surface area contributed by atoms with Gasteiger partial charge in [-0.05, 0) is 153 Å². The van der Waals surface area contributed by atoms with E-state index in [1.54, 1.807) is 0 Å². The van der Waals surface area contributed by atoms with E-state index in [1.165, 1.54) is 82.6 Å². The van der Waals surface area contributed by atoms with E-state index in [2.05, 4.69) is 76.7 Å². The van der Waals surface area contributed by atoms with Gasteiger partial charge in [-0.15, -0.1) is 0 Å². The van der Waals surface area contributed by atoms with Gasteiger partial charge in [-0.3, -0.25) is 0 Å². The van der Waals surface area contributed by atoms with Crippen molar-refractivity contribution in [2.45, 2.75) is 131 Å². The summed E-state index contributed by atoms with van der Waals surface area (Å²) < 4.78 is 0. The molecule has 0 spiro atoms. The lowest BCUT2D eigenvalue weighted by molar-refractivity contribution is -0.0866. The Balaban J connectivity index is 1.29. The van der Waals surface area contributed by atoms with Crippen LogP contribution in [0.4, 0.5) is 0 Å². The monoisotopic (exact) mass is 515 g/mol. The first kappa shape index (κ1) is 28.2. The van der Waals surface area contributed by atoms with Gasteiger partial charge in [0.1, 0.15) is 5.69 Å². The highest BCUT2D eigenvalue weighted by atomic mass is 14.7. The topological polar surface area (TPSA) is 12.9 Å². The second-order valence-electron chi connectivity index (χ2n) is 15.1. The molecule has 1 aromatic rings. The van der Waals surface area contributed by atoms with E-state index in [1.807, 2.05) is 6.92 Å². The van der Waals surface area contributed by atoms with Crippen LogP contribution in [0.15, 0.2) is 18.3 Å². The van der Waals surface area contributed by atoms with Crippen molar-refractivity contribution >= 4 is 0 Å². The van der Waals surface area contributed by atoms with E-state index in [9.17, 15) is 0 Å². The van der Waals surface area contributed by atoms with Crippen LogP contribution in [0, 0.1) is 70.0 Å². The van der Waals surface area contributed by atoms with E-state index in [4.69, 9.17) is 0 Å². The fourth-order valence-corrected chi connectivity index (χ4v) is 11.2. The largest absolute Gasteiger partial charge is 0.248 e. The molecule has 0 aromatic carbocycles. The summed E-state index contributed by atoms with van der Waals surface area (Å²) in [5.41, 5.74) is 3.48. The normalized spacial score (nSPS) is 40.6. The molecule has 1 aromatic heterocycles. The first-order valence-electron chi connectivity index (χ1n) is 16.6. The highest BCUT2D eigenvalue weighted by Gasteiger charge is 2.58. The van der Waals surface area contributed by atoms with Gasteiger partial charge in [0.15, 0.2) is 0 Å². The summed E-state index contributed by atoms with van der Waals surface area (Å²) in [7, 11) is 0. The molecule has 1 heterocycles. The number of fused-ring (bicyclic) bond motifs is 5. The second-order valence-corrected chi connectivity index (χ2v) is 15.1. The summed E-state index contributed by atoms with van der Waals surface area (Å²) >= 11 is 0. The summed E-state index contributed by atoms with van der Waals surface area (Å²) in [6.45, 7) is 17.1. The van der Waals surface area contributed by atoms with Crippen LogP contribution >= 0.6 is 0 Å². The highest BCUT2D eigenvalue weighted by Crippen LogP contribution is 2.67. The Bertz CT molecular complexity index is 998. The summed E-state index contributed by atoms with van der Waals surface area (Å²) in [4.78, 5) is 4.68. The predicted octanol–water partition coefficient (Wildman–Crippen LogP) is 10.3. The first-order valence-corrected chi connectivity index (χ1v) is 16.6. The molecule has 4 aliphatic carbocycles. The number of aromatic nitrogens is 1. The van der Waals surface area contributed by atoms with Crippen LogP contribution < -0.4 is 0 Å². The minimum atomic E-state index is 0.545. The van der Waals surface area contributed by atoms with Crippen molar-refractivity contribution in [1.82, 2.24) is 4.98 Å². The van der Waals surface area contributed by atoms with Gasteiger partial charge < -0.3 is 0 Å². The van der Waals surface area contributed by atoms with Gasteiger partial charge in [0.2, 0.25) is 0 Å². The van der Waals surface area contributed by atoms with E-state index in [0.717, 1.165) is 53.0 Å². The van der Waals surface area contributed by atoms with E-state index < -0.39 is 0 Å². The van der Waals surface area contributed by atoms with Crippen LogP contribution in [0.3, 0.4) is 0 Å². The van der Waals surface area contributed by atoms with Crippen molar-refractivity contribution < 1.29 is 0 Å². The molecule has 4 fully saturated rings. The maximum absolute atomic E-state index is 4.68. The van der Waals surface area contributed by atoms with Gasteiger partial charge >= 0.3 is 0 Å². The molecular formula is C37H57N. The molecule has 4 aliphatic rings. The lowest BCUT2D eigenvalue weighted by atomic mass is 9.47. The average Bonchev–Trinajstić information content (AvgIpc) is 3.26. The first-order chi connectivity index (χ1) is 18.2. The minimum absolute atomic E-state index is 0.545. The van der Waals surface area contributed by atoms with Crippen molar-refractivity contribution in [3.63, 3.8) is 0 Å². The number of nitrogens with zero attached hydrogens (tertiary/aromatic N) is 1. The number of hydrogen-bond donors (Lipinski definition) is 0. The van der Waals surface area contributed by atoms with E-state index >= 15 is 0 Å². The molecule has 0 radical (unpaired) electrons. The molecular weight excluding hydrogens is 458 g/mol. The standard InChI is InChI=1S/C37H57N/c1-8-11-29-14-12-28(24-38-29)26(5)30(10-3)34-16-17-35-33-15-13-27-23-36(6,22-25(4)9-2)20-18-31(27)32(33)19-21-37(34,35)7/h12,14,24-27,30-35H,9-10,13,15-23H2,1-7H3/t25-,26+,27+,30?,31?,32+,33+,34?,35-,36+,37+/m0/s1.